The molecule has 0 saturated heterocycles. The fourth-order valence-corrected chi connectivity index (χ4v) is 4.10. The lowest BCUT2D eigenvalue weighted by atomic mass is 9.63. The molecule has 0 radical (unpaired) electrons. The molecule has 2 rings (SSSR count). The predicted octanol–water partition coefficient (Wildman–Crippen LogP) is 4.85. The first-order valence-electron chi connectivity index (χ1n) is 7.64. The summed E-state index contributed by atoms with van der Waals surface area (Å²) in [6, 6.07) is 9.15. The molecule has 20 heavy (non-hydrogen) atoms. The van der Waals surface area contributed by atoms with Gasteiger partial charge in [0, 0.05) is 18.8 Å². The number of methoxy groups -OCH3 is 1. The van der Waals surface area contributed by atoms with Crippen LogP contribution in [0.5, 0.6) is 0 Å². The number of ether oxygens (including phenoxy) is 1. The van der Waals surface area contributed by atoms with Crippen molar-refractivity contribution in [3.8, 4) is 0 Å². The molecule has 1 aromatic carbocycles. The second-order valence-electron chi connectivity index (χ2n) is 7.89. The molecule has 1 aliphatic carbocycles. The van der Waals surface area contributed by atoms with E-state index < -0.39 is 0 Å². The number of benzene rings is 1. The minimum atomic E-state index is 0.420. The third kappa shape index (κ3) is 4.24. The molecule has 0 unspecified atom stereocenters. The van der Waals surface area contributed by atoms with Gasteiger partial charge in [0.05, 0.1) is 6.61 Å². The second kappa shape index (κ2) is 5.77. The van der Waals surface area contributed by atoms with Crippen LogP contribution in [0.1, 0.15) is 52.5 Å². The standard InChI is InChI=1S/C18H29NO/c1-17(2)10-16(11-18(3,4)13-17)19-15-8-6-7-14(9-15)12-20-5/h6-9,16,19H,10-13H2,1-5H3. The van der Waals surface area contributed by atoms with Crippen molar-refractivity contribution in [1.82, 2.24) is 0 Å². The van der Waals surface area contributed by atoms with Crippen molar-refractivity contribution >= 4 is 5.69 Å². The third-order valence-corrected chi connectivity index (χ3v) is 4.16. The lowest BCUT2D eigenvalue weighted by Gasteiger charge is -2.45. The van der Waals surface area contributed by atoms with E-state index in [4.69, 9.17) is 4.74 Å². The lowest BCUT2D eigenvalue weighted by molar-refractivity contribution is 0.105. The van der Waals surface area contributed by atoms with E-state index in [9.17, 15) is 0 Å². The van der Waals surface area contributed by atoms with Gasteiger partial charge in [-0.05, 0) is 47.8 Å². The molecule has 0 aliphatic heterocycles. The van der Waals surface area contributed by atoms with Crippen LogP contribution >= 0.6 is 0 Å². The Morgan fingerprint density at radius 3 is 2.40 bits per heavy atom. The van der Waals surface area contributed by atoms with E-state index in [-0.39, 0.29) is 0 Å². The van der Waals surface area contributed by atoms with Crippen molar-refractivity contribution < 1.29 is 4.74 Å². The molecule has 1 aromatic rings. The summed E-state index contributed by atoms with van der Waals surface area (Å²) in [6.45, 7) is 10.2. The number of hydrogen-bond donors (Lipinski definition) is 1. The zero-order chi connectivity index (χ0) is 14.8. The molecule has 1 aliphatic rings. The smallest absolute Gasteiger partial charge is 0.0713 e. The van der Waals surface area contributed by atoms with Crippen LogP contribution in [0.2, 0.25) is 0 Å². The first-order chi connectivity index (χ1) is 9.30. The first-order valence-corrected chi connectivity index (χ1v) is 7.64. The van der Waals surface area contributed by atoms with Crippen LogP contribution in [0.4, 0.5) is 5.69 Å². The van der Waals surface area contributed by atoms with E-state index in [0.29, 0.717) is 23.5 Å². The fraction of sp³-hybridized carbons (Fsp3) is 0.667. The maximum absolute atomic E-state index is 5.21. The minimum Gasteiger partial charge on any atom is -0.382 e. The van der Waals surface area contributed by atoms with Gasteiger partial charge in [0.2, 0.25) is 0 Å². The van der Waals surface area contributed by atoms with Crippen molar-refractivity contribution in [2.75, 3.05) is 12.4 Å². The van der Waals surface area contributed by atoms with Gasteiger partial charge in [-0.3, -0.25) is 0 Å². The van der Waals surface area contributed by atoms with Crippen LogP contribution in [0.25, 0.3) is 0 Å². The summed E-state index contributed by atoms with van der Waals surface area (Å²) in [4.78, 5) is 0. The van der Waals surface area contributed by atoms with E-state index >= 15 is 0 Å². The van der Waals surface area contributed by atoms with Gasteiger partial charge in [-0.2, -0.15) is 0 Å². The monoisotopic (exact) mass is 275 g/mol. The molecule has 0 aromatic heterocycles. The van der Waals surface area contributed by atoms with E-state index in [1.807, 2.05) is 0 Å². The highest BCUT2D eigenvalue weighted by atomic mass is 16.5. The van der Waals surface area contributed by atoms with Crippen molar-refractivity contribution in [1.29, 1.82) is 0 Å². The summed E-state index contributed by atoms with van der Waals surface area (Å²) < 4.78 is 5.21. The van der Waals surface area contributed by atoms with E-state index in [1.54, 1.807) is 7.11 Å². The molecule has 1 fully saturated rings. The highest BCUT2D eigenvalue weighted by Crippen LogP contribution is 2.46. The minimum absolute atomic E-state index is 0.420. The molecule has 0 atom stereocenters. The predicted molar refractivity (Wildman–Crippen MR) is 86.0 cm³/mol. The Hall–Kier alpha value is -1.02. The number of hydrogen-bond acceptors (Lipinski definition) is 2. The van der Waals surface area contributed by atoms with Crippen molar-refractivity contribution in [3.63, 3.8) is 0 Å². The van der Waals surface area contributed by atoms with Crippen LogP contribution in [0, 0.1) is 10.8 Å². The topological polar surface area (TPSA) is 21.3 Å². The largest absolute Gasteiger partial charge is 0.382 e. The molecule has 2 nitrogen and oxygen atoms in total. The van der Waals surface area contributed by atoms with Crippen LogP contribution in [0.3, 0.4) is 0 Å². The number of rotatable bonds is 4. The Kier molecular flexibility index (Phi) is 4.43. The molecule has 112 valence electrons. The molecule has 0 spiro atoms. The van der Waals surface area contributed by atoms with Crippen LogP contribution in [-0.2, 0) is 11.3 Å². The molecule has 1 N–H and O–H groups in total. The van der Waals surface area contributed by atoms with E-state index in [2.05, 4.69) is 57.3 Å². The molecule has 0 amide bonds. The first kappa shape index (κ1) is 15.4. The highest BCUT2D eigenvalue weighted by Gasteiger charge is 2.38. The van der Waals surface area contributed by atoms with Gasteiger partial charge >= 0.3 is 0 Å². The zero-order valence-corrected chi connectivity index (χ0v) is 13.6. The highest BCUT2D eigenvalue weighted by molar-refractivity contribution is 5.46. The Bertz CT molecular complexity index is 434. The van der Waals surface area contributed by atoms with Crippen molar-refractivity contribution in [2.45, 2.75) is 59.6 Å². The SMILES string of the molecule is COCc1cccc(NC2CC(C)(C)CC(C)(C)C2)c1. The van der Waals surface area contributed by atoms with Crippen molar-refractivity contribution in [3.05, 3.63) is 29.8 Å². The number of anilines is 1. The van der Waals surface area contributed by atoms with Gasteiger partial charge in [-0.15, -0.1) is 0 Å². The molecule has 2 heteroatoms. The normalized spacial score (nSPS) is 21.6. The summed E-state index contributed by atoms with van der Waals surface area (Å²) in [5.41, 5.74) is 3.29. The fourth-order valence-electron chi connectivity index (χ4n) is 4.10. The maximum atomic E-state index is 5.21. The van der Waals surface area contributed by atoms with Crippen LogP contribution in [-0.4, -0.2) is 13.2 Å². The van der Waals surface area contributed by atoms with E-state index in [1.165, 1.54) is 30.5 Å². The zero-order valence-electron chi connectivity index (χ0n) is 13.6. The Labute approximate surface area is 123 Å². The van der Waals surface area contributed by atoms with Crippen LogP contribution < -0.4 is 5.32 Å². The lowest BCUT2D eigenvalue weighted by Crippen LogP contribution is -2.40. The van der Waals surface area contributed by atoms with Gasteiger partial charge in [0.1, 0.15) is 0 Å². The van der Waals surface area contributed by atoms with Gasteiger partial charge in [-0.25, -0.2) is 0 Å². The second-order valence-corrected chi connectivity index (χ2v) is 7.89. The Morgan fingerprint density at radius 1 is 1.15 bits per heavy atom. The summed E-state index contributed by atoms with van der Waals surface area (Å²) in [6.07, 6.45) is 3.79. The summed E-state index contributed by atoms with van der Waals surface area (Å²) in [5, 5.41) is 3.74. The summed E-state index contributed by atoms with van der Waals surface area (Å²) in [5.74, 6) is 0. The summed E-state index contributed by atoms with van der Waals surface area (Å²) in [7, 11) is 1.74. The van der Waals surface area contributed by atoms with Gasteiger partial charge < -0.3 is 10.1 Å². The molecular weight excluding hydrogens is 246 g/mol. The molecule has 0 heterocycles. The quantitative estimate of drug-likeness (QED) is 0.848. The third-order valence-electron chi connectivity index (χ3n) is 4.16. The average molecular weight is 275 g/mol. The van der Waals surface area contributed by atoms with Crippen LogP contribution in [0.15, 0.2) is 24.3 Å². The summed E-state index contributed by atoms with van der Waals surface area (Å²) >= 11 is 0. The Morgan fingerprint density at radius 2 is 1.80 bits per heavy atom. The average Bonchev–Trinajstić information content (AvgIpc) is 2.25. The Balaban J connectivity index is 2.07. The molecule has 0 bridgehead atoms. The molecular formula is C18H29NO. The number of nitrogens with one attached hydrogen (secondary N) is 1. The maximum Gasteiger partial charge on any atom is 0.0713 e. The molecule has 1 saturated carbocycles. The van der Waals surface area contributed by atoms with Crippen molar-refractivity contribution in [2.24, 2.45) is 10.8 Å². The van der Waals surface area contributed by atoms with Gasteiger partial charge in [0.15, 0.2) is 0 Å². The van der Waals surface area contributed by atoms with E-state index in [0.717, 1.165) is 0 Å². The van der Waals surface area contributed by atoms with Gasteiger partial charge in [0.25, 0.3) is 0 Å². The van der Waals surface area contributed by atoms with Gasteiger partial charge in [-0.1, -0.05) is 39.8 Å².